The van der Waals surface area contributed by atoms with E-state index in [0.29, 0.717) is 0 Å². The van der Waals surface area contributed by atoms with Crippen molar-refractivity contribution in [1.82, 2.24) is 0 Å². The van der Waals surface area contributed by atoms with E-state index in [1.165, 1.54) is 0 Å². The maximum Gasteiger partial charge on any atom is 0 e. The monoisotopic (exact) mass is 443 g/mol. The van der Waals surface area contributed by atoms with Crippen LogP contribution in [-0.2, 0) is 0 Å². The summed E-state index contributed by atoms with van der Waals surface area (Å²) in [6, 6.07) is 0. The Morgan fingerprint density at radius 2 is 0.385 bits per heavy atom. The molecule has 0 atom stereocenters. The molecular weight excluding hydrogens is 410 g/mol. The van der Waals surface area contributed by atoms with Crippen molar-refractivity contribution in [1.29, 1.82) is 0 Å². The molecule has 13 heavy (non-hydrogen) atoms. The van der Waals surface area contributed by atoms with Crippen LogP contribution in [0.15, 0.2) is 0 Å². The third-order valence-electron chi connectivity index (χ3n) is 0. The van der Waals surface area contributed by atoms with Gasteiger partial charge in [-0.15, -0.1) is 0 Å². The maximum absolute atomic E-state index is 2.00. The first-order chi connectivity index (χ1) is 5.00. The third kappa shape index (κ3) is 406. The Morgan fingerprint density at radius 3 is 0.385 bits per heavy atom. The molecule has 0 aliphatic carbocycles. The van der Waals surface area contributed by atoms with E-state index in [-0.39, 0.29) is 76.3 Å². The minimum absolute atomic E-state index is 0. The molecule has 0 heterocycles. The molecule has 0 nitrogen and oxygen atoms in total. The summed E-state index contributed by atoms with van der Waals surface area (Å²) < 4.78 is 0. The molecule has 0 fully saturated rings. The van der Waals surface area contributed by atoms with Crippen molar-refractivity contribution in [2.45, 2.75) is 69.2 Å². The van der Waals surface area contributed by atoms with E-state index in [4.69, 9.17) is 0 Å². The summed E-state index contributed by atoms with van der Waals surface area (Å²) in [4.78, 5) is 0. The Hall–Kier alpha value is 2.31. The summed E-state index contributed by atoms with van der Waals surface area (Å²) in [5.41, 5.74) is 0. The minimum Gasteiger partial charge on any atom is -0.358 e. The molecule has 0 aliphatic heterocycles. The molecular formula is C11H33ArU-. The van der Waals surface area contributed by atoms with Crippen molar-refractivity contribution in [3.8, 4) is 0 Å². The van der Waals surface area contributed by atoms with E-state index < -0.39 is 0 Å². The zero-order valence-corrected chi connectivity index (χ0v) is 16.7. The molecule has 0 amide bonds. The summed E-state index contributed by atoms with van der Waals surface area (Å²) in [6.45, 7) is 20.0. The minimum atomic E-state index is 0. The Morgan fingerprint density at radius 1 is 0.385 bits per heavy atom. The van der Waals surface area contributed by atoms with Crippen molar-refractivity contribution in [2.75, 3.05) is 0 Å². The molecule has 0 saturated heterocycles. The van der Waals surface area contributed by atoms with Gasteiger partial charge < -0.3 is 7.43 Å². The number of hydrogen-bond donors (Lipinski definition) is 0. The van der Waals surface area contributed by atoms with Gasteiger partial charge in [0.05, 0.1) is 0 Å². The topological polar surface area (TPSA) is 0 Å². The van der Waals surface area contributed by atoms with Crippen LogP contribution in [0, 0.1) is 76.3 Å². The molecule has 0 saturated carbocycles. The summed E-state index contributed by atoms with van der Waals surface area (Å²) in [5, 5.41) is 0. The van der Waals surface area contributed by atoms with Gasteiger partial charge in [0.2, 0.25) is 0 Å². The Labute approximate surface area is 143 Å². The average Bonchev–Trinajstić information content (AvgIpc) is 2.20. The van der Waals surface area contributed by atoms with Gasteiger partial charge in [-0.25, -0.2) is 0 Å². The van der Waals surface area contributed by atoms with Crippen LogP contribution in [0.5, 0.6) is 0 Å². The van der Waals surface area contributed by atoms with Crippen LogP contribution in [0.1, 0.15) is 69.2 Å². The molecule has 0 N–H and O–H groups in total. The molecule has 0 aliphatic rings. The van der Waals surface area contributed by atoms with Crippen molar-refractivity contribution >= 4 is 0 Å². The summed E-state index contributed by atoms with van der Waals surface area (Å²) >= 11 is 0. The first-order valence-electron chi connectivity index (χ1n) is 5.00. The first-order valence-corrected chi connectivity index (χ1v) is 5.00. The predicted octanol–water partition coefficient (Wildman–Crippen LogP) is 5.58. The van der Waals surface area contributed by atoms with E-state index in [1.54, 1.807) is 0 Å². The van der Waals surface area contributed by atoms with Gasteiger partial charge in [-0.3, -0.25) is 0 Å². The summed E-state index contributed by atoms with van der Waals surface area (Å²) in [5.74, 6) is 0. The molecule has 0 spiro atoms. The normalized spacial score (nSPS) is 2.31. The van der Waals surface area contributed by atoms with Crippen molar-refractivity contribution in [3.05, 3.63) is 7.43 Å². The van der Waals surface area contributed by atoms with Gasteiger partial charge in [0.1, 0.15) is 0 Å². The van der Waals surface area contributed by atoms with E-state index in [1.807, 2.05) is 69.2 Å². The van der Waals surface area contributed by atoms with Gasteiger partial charge in [-0.1, -0.05) is 69.2 Å². The fourth-order valence-electron chi connectivity index (χ4n) is 0. The molecule has 90 valence electrons. The number of hydrogen-bond acceptors (Lipinski definition) is 0. The molecule has 0 aromatic carbocycles. The Kier molecular flexibility index (Phi) is 2140. The summed E-state index contributed by atoms with van der Waals surface area (Å²) in [6.07, 6.45) is 0. The fraction of sp³-hybridized carbons (Fsp3) is 0.909. The van der Waals surface area contributed by atoms with Crippen LogP contribution in [0.3, 0.4) is 0 Å². The molecule has 0 rings (SSSR count). The molecule has 0 aromatic rings. The molecule has 0 aromatic heterocycles. The second-order valence-corrected chi connectivity index (χ2v) is 0. The van der Waals surface area contributed by atoms with E-state index >= 15 is 0 Å². The molecule has 0 bridgehead atoms. The van der Waals surface area contributed by atoms with Crippen molar-refractivity contribution in [3.63, 3.8) is 0 Å². The maximum atomic E-state index is 2.00. The average molecular weight is 443 g/mol. The van der Waals surface area contributed by atoms with Crippen LogP contribution in [-0.4, -0.2) is 0 Å². The van der Waals surface area contributed by atoms with Gasteiger partial charge in [0.15, 0.2) is 0 Å². The predicted molar refractivity (Wildman–Crippen MR) is 63.2 cm³/mol. The Balaban J connectivity index is -0.00000000379. The van der Waals surface area contributed by atoms with Gasteiger partial charge in [-0.2, -0.15) is 0 Å². The van der Waals surface area contributed by atoms with Crippen LogP contribution in [0.4, 0.5) is 0 Å². The van der Waals surface area contributed by atoms with E-state index in [9.17, 15) is 0 Å². The molecule has 0 radical (unpaired) electrons. The fourth-order valence-corrected chi connectivity index (χ4v) is 0. The van der Waals surface area contributed by atoms with Crippen LogP contribution < -0.4 is 0 Å². The van der Waals surface area contributed by atoms with Gasteiger partial charge >= 0.3 is 0 Å². The van der Waals surface area contributed by atoms with Crippen LogP contribution in [0.25, 0.3) is 0 Å². The van der Waals surface area contributed by atoms with Crippen molar-refractivity contribution < 1.29 is 68.9 Å². The van der Waals surface area contributed by atoms with Gasteiger partial charge in [0.25, 0.3) is 0 Å². The Bertz CT molecular complexity index is 10.1. The smallest absolute Gasteiger partial charge is 0 e. The second kappa shape index (κ2) is 475. The van der Waals surface area contributed by atoms with E-state index in [0.717, 1.165) is 0 Å². The quantitative estimate of drug-likeness (QED) is 0.429. The second-order valence-electron chi connectivity index (χ2n) is 0. The molecule has 2 heteroatoms. The third-order valence-corrected chi connectivity index (χ3v) is 0. The zero-order valence-electron chi connectivity index (χ0n) is 11.9. The SMILES string of the molecule is CC.CC.CC.CC.CC.[Ar].[CH3-].[U]. The van der Waals surface area contributed by atoms with E-state index in [2.05, 4.69) is 0 Å². The summed E-state index contributed by atoms with van der Waals surface area (Å²) in [7, 11) is 0. The largest absolute Gasteiger partial charge is 0.358 e. The van der Waals surface area contributed by atoms with Crippen LogP contribution >= 0.6 is 0 Å². The van der Waals surface area contributed by atoms with Crippen LogP contribution in [0.2, 0.25) is 0 Å². The zero-order chi connectivity index (χ0) is 10.0. The standard InChI is InChI=1S/5C2H6.CH3.Ar.U/c5*1-2;;;/h5*1-2H3;1H3;;/q;;;;;-1;;. The number of rotatable bonds is 0. The van der Waals surface area contributed by atoms with Crippen molar-refractivity contribution in [2.24, 2.45) is 0 Å². The van der Waals surface area contributed by atoms with Gasteiger partial charge in [0, 0.05) is 68.9 Å². The first kappa shape index (κ1) is 58.7. The van der Waals surface area contributed by atoms with Gasteiger partial charge in [-0.05, 0) is 0 Å². The molecule has 0 unspecified atom stereocenters.